The summed E-state index contributed by atoms with van der Waals surface area (Å²) < 4.78 is 5.44. The van der Waals surface area contributed by atoms with E-state index in [9.17, 15) is 4.79 Å². The zero-order chi connectivity index (χ0) is 14.8. The third kappa shape index (κ3) is 2.83. The second-order valence-corrected chi connectivity index (χ2v) is 6.58. The first kappa shape index (κ1) is 14.2. The SMILES string of the molecule is CC(C)CCNC(=O)c1noc2c1CSc1ccccc1-2. The van der Waals surface area contributed by atoms with E-state index in [0.717, 1.165) is 29.1 Å². The van der Waals surface area contributed by atoms with Gasteiger partial charge in [-0.1, -0.05) is 31.1 Å². The molecule has 0 radical (unpaired) electrons. The molecular weight excluding hydrogens is 284 g/mol. The summed E-state index contributed by atoms with van der Waals surface area (Å²) in [4.78, 5) is 13.4. The fourth-order valence-corrected chi connectivity index (χ4v) is 3.38. The van der Waals surface area contributed by atoms with Crippen molar-refractivity contribution in [3.05, 3.63) is 35.5 Å². The van der Waals surface area contributed by atoms with Crippen molar-refractivity contribution in [1.82, 2.24) is 10.5 Å². The zero-order valence-corrected chi connectivity index (χ0v) is 13.0. The van der Waals surface area contributed by atoms with Crippen LogP contribution in [-0.4, -0.2) is 17.6 Å². The lowest BCUT2D eigenvalue weighted by atomic mass is 10.1. The van der Waals surface area contributed by atoms with Gasteiger partial charge in [-0.15, -0.1) is 11.8 Å². The number of carbonyl (C=O) groups excluding carboxylic acids is 1. The van der Waals surface area contributed by atoms with Crippen LogP contribution in [0.15, 0.2) is 33.7 Å². The molecule has 0 aliphatic carbocycles. The summed E-state index contributed by atoms with van der Waals surface area (Å²) in [5.74, 6) is 1.89. The van der Waals surface area contributed by atoms with Crippen molar-refractivity contribution >= 4 is 17.7 Å². The van der Waals surface area contributed by atoms with Crippen LogP contribution in [0.4, 0.5) is 0 Å². The number of fused-ring (bicyclic) bond motifs is 3. The van der Waals surface area contributed by atoms with Gasteiger partial charge in [0.2, 0.25) is 0 Å². The highest BCUT2D eigenvalue weighted by atomic mass is 32.2. The van der Waals surface area contributed by atoms with Crippen LogP contribution < -0.4 is 5.32 Å². The molecule has 1 aliphatic rings. The molecule has 3 rings (SSSR count). The molecule has 2 heterocycles. The zero-order valence-electron chi connectivity index (χ0n) is 12.2. The molecule has 1 aromatic carbocycles. The van der Waals surface area contributed by atoms with E-state index in [2.05, 4.69) is 30.4 Å². The number of hydrogen-bond acceptors (Lipinski definition) is 4. The molecule has 1 aromatic heterocycles. The molecule has 4 nitrogen and oxygen atoms in total. The fraction of sp³-hybridized carbons (Fsp3) is 0.375. The van der Waals surface area contributed by atoms with E-state index in [1.54, 1.807) is 11.8 Å². The molecule has 0 bridgehead atoms. The van der Waals surface area contributed by atoms with Gasteiger partial charge in [0.1, 0.15) is 0 Å². The van der Waals surface area contributed by atoms with Crippen LogP contribution in [0.2, 0.25) is 0 Å². The number of hydrogen-bond donors (Lipinski definition) is 1. The van der Waals surface area contributed by atoms with E-state index >= 15 is 0 Å². The van der Waals surface area contributed by atoms with Gasteiger partial charge in [0.25, 0.3) is 5.91 Å². The summed E-state index contributed by atoms with van der Waals surface area (Å²) in [7, 11) is 0. The molecular formula is C16H18N2O2S. The van der Waals surface area contributed by atoms with Crippen LogP contribution in [0.1, 0.15) is 36.3 Å². The number of rotatable bonds is 4. The van der Waals surface area contributed by atoms with Gasteiger partial charge in [-0.25, -0.2) is 0 Å². The molecule has 0 saturated carbocycles. The van der Waals surface area contributed by atoms with E-state index in [-0.39, 0.29) is 5.91 Å². The predicted molar refractivity (Wildman–Crippen MR) is 83.3 cm³/mol. The second-order valence-electron chi connectivity index (χ2n) is 5.56. The lowest BCUT2D eigenvalue weighted by molar-refractivity contribution is 0.0942. The summed E-state index contributed by atoms with van der Waals surface area (Å²) in [6.45, 7) is 4.94. The molecule has 0 saturated heterocycles. The molecule has 1 amide bonds. The van der Waals surface area contributed by atoms with E-state index in [0.29, 0.717) is 18.2 Å². The normalized spacial score (nSPS) is 12.9. The summed E-state index contributed by atoms with van der Waals surface area (Å²) in [5.41, 5.74) is 2.36. The Hall–Kier alpha value is -1.75. The molecule has 5 heteroatoms. The van der Waals surface area contributed by atoms with Gasteiger partial charge in [0.15, 0.2) is 11.5 Å². The highest BCUT2D eigenvalue weighted by Crippen LogP contribution is 2.42. The number of benzene rings is 1. The second kappa shape index (κ2) is 5.93. The van der Waals surface area contributed by atoms with Crippen molar-refractivity contribution in [3.8, 4) is 11.3 Å². The number of thioether (sulfide) groups is 1. The summed E-state index contributed by atoms with van der Waals surface area (Å²) in [6.07, 6.45) is 0.962. The number of nitrogens with zero attached hydrogens (tertiary/aromatic N) is 1. The Morgan fingerprint density at radius 1 is 1.43 bits per heavy atom. The van der Waals surface area contributed by atoms with Gasteiger partial charge in [-0.05, 0) is 24.5 Å². The van der Waals surface area contributed by atoms with Crippen molar-refractivity contribution in [2.75, 3.05) is 6.54 Å². The Balaban J connectivity index is 1.81. The summed E-state index contributed by atoms with van der Waals surface area (Å²) in [5, 5.41) is 6.91. The maximum Gasteiger partial charge on any atom is 0.273 e. The van der Waals surface area contributed by atoms with Gasteiger partial charge in [0, 0.05) is 28.3 Å². The molecule has 1 N–H and O–H groups in total. The van der Waals surface area contributed by atoms with E-state index in [1.165, 1.54) is 4.90 Å². The molecule has 2 aromatic rings. The minimum Gasteiger partial charge on any atom is -0.355 e. The molecule has 0 atom stereocenters. The van der Waals surface area contributed by atoms with Crippen molar-refractivity contribution in [2.24, 2.45) is 5.92 Å². The van der Waals surface area contributed by atoms with Crippen LogP contribution in [0.25, 0.3) is 11.3 Å². The molecule has 1 aliphatic heterocycles. The average Bonchev–Trinajstić information content (AvgIpc) is 2.91. The summed E-state index contributed by atoms with van der Waals surface area (Å²) >= 11 is 1.72. The Labute approximate surface area is 128 Å². The first-order valence-electron chi connectivity index (χ1n) is 7.15. The summed E-state index contributed by atoms with van der Waals surface area (Å²) in [6, 6.07) is 8.05. The number of aromatic nitrogens is 1. The first-order valence-corrected chi connectivity index (χ1v) is 8.14. The Morgan fingerprint density at radius 3 is 3.05 bits per heavy atom. The van der Waals surface area contributed by atoms with Crippen molar-refractivity contribution < 1.29 is 9.32 Å². The Kier molecular flexibility index (Phi) is 4.01. The van der Waals surface area contributed by atoms with Crippen LogP contribution in [-0.2, 0) is 5.75 Å². The molecule has 0 unspecified atom stereocenters. The fourth-order valence-electron chi connectivity index (χ4n) is 2.32. The number of amides is 1. The number of nitrogens with one attached hydrogen (secondary N) is 1. The van der Waals surface area contributed by atoms with Crippen molar-refractivity contribution in [2.45, 2.75) is 30.9 Å². The average molecular weight is 302 g/mol. The minimum absolute atomic E-state index is 0.138. The largest absolute Gasteiger partial charge is 0.355 e. The topological polar surface area (TPSA) is 55.1 Å². The van der Waals surface area contributed by atoms with Gasteiger partial charge in [-0.2, -0.15) is 0 Å². The van der Waals surface area contributed by atoms with Gasteiger partial charge in [-0.3, -0.25) is 4.79 Å². The van der Waals surface area contributed by atoms with Gasteiger partial charge < -0.3 is 9.84 Å². The molecule has 0 spiro atoms. The van der Waals surface area contributed by atoms with E-state index < -0.39 is 0 Å². The minimum atomic E-state index is -0.138. The first-order chi connectivity index (χ1) is 10.2. The molecule has 110 valence electrons. The number of carbonyl (C=O) groups is 1. The lowest BCUT2D eigenvalue weighted by Gasteiger charge is -2.13. The standard InChI is InChI=1S/C16H18N2O2S/c1-10(2)7-8-17-16(19)14-12-9-21-13-6-4-3-5-11(13)15(12)20-18-14/h3-6,10H,7-9H2,1-2H3,(H,17,19). The van der Waals surface area contributed by atoms with Crippen LogP contribution in [0, 0.1) is 5.92 Å². The smallest absolute Gasteiger partial charge is 0.273 e. The Bertz CT molecular complexity index is 664. The van der Waals surface area contributed by atoms with Crippen LogP contribution in [0.5, 0.6) is 0 Å². The third-order valence-corrected chi connectivity index (χ3v) is 4.61. The maximum absolute atomic E-state index is 12.2. The van der Waals surface area contributed by atoms with Crippen molar-refractivity contribution in [1.29, 1.82) is 0 Å². The molecule has 0 fully saturated rings. The molecule has 21 heavy (non-hydrogen) atoms. The van der Waals surface area contributed by atoms with Crippen molar-refractivity contribution in [3.63, 3.8) is 0 Å². The lowest BCUT2D eigenvalue weighted by Crippen LogP contribution is -2.26. The van der Waals surface area contributed by atoms with E-state index in [4.69, 9.17) is 4.52 Å². The van der Waals surface area contributed by atoms with Gasteiger partial charge >= 0.3 is 0 Å². The van der Waals surface area contributed by atoms with Crippen LogP contribution in [0.3, 0.4) is 0 Å². The predicted octanol–water partition coefficient (Wildman–Crippen LogP) is 3.72. The Morgan fingerprint density at radius 2 is 2.24 bits per heavy atom. The third-order valence-electron chi connectivity index (χ3n) is 3.51. The highest BCUT2D eigenvalue weighted by Gasteiger charge is 2.27. The highest BCUT2D eigenvalue weighted by molar-refractivity contribution is 7.98. The van der Waals surface area contributed by atoms with E-state index in [1.807, 2.05) is 18.2 Å². The van der Waals surface area contributed by atoms with Gasteiger partial charge in [0.05, 0.1) is 0 Å². The monoisotopic (exact) mass is 302 g/mol. The maximum atomic E-state index is 12.2. The quantitative estimate of drug-likeness (QED) is 0.935. The van der Waals surface area contributed by atoms with Crippen LogP contribution >= 0.6 is 11.8 Å².